The van der Waals surface area contributed by atoms with Crippen molar-refractivity contribution in [3.8, 4) is 0 Å². The fourth-order valence-corrected chi connectivity index (χ4v) is 2.42. The molecule has 0 heterocycles. The first-order valence-electron chi connectivity index (χ1n) is 8.79. The van der Waals surface area contributed by atoms with E-state index in [4.69, 9.17) is 0 Å². The van der Waals surface area contributed by atoms with Gasteiger partial charge in [-0.2, -0.15) is 0 Å². The maximum atomic E-state index is 12.2. The van der Waals surface area contributed by atoms with E-state index in [1.807, 2.05) is 62.4 Å². The standard InChI is InChI=1S/C21H26N2O2/c1-3-16(2)23-21(25)19-11-7-10-18(14-19)15-22-20(24)13-12-17-8-5-4-6-9-17/h4-11,14,16H,3,12-13,15H2,1-2H3,(H,22,24)(H,23,25)/t16-/m1/s1. The Morgan fingerprint density at radius 3 is 2.44 bits per heavy atom. The molecule has 2 amide bonds. The zero-order valence-electron chi connectivity index (χ0n) is 14.9. The van der Waals surface area contributed by atoms with E-state index in [2.05, 4.69) is 10.6 Å². The predicted octanol–water partition coefficient (Wildman–Crippen LogP) is 3.46. The summed E-state index contributed by atoms with van der Waals surface area (Å²) in [5.74, 6) is -0.0649. The molecular formula is C21H26N2O2. The molecule has 25 heavy (non-hydrogen) atoms. The third-order valence-corrected chi connectivity index (χ3v) is 4.15. The number of nitrogens with one attached hydrogen (secondary N) is 2. The molecular weight excluding hydrogens is 312 g/mol. The summed E-state index contributed by atoms with van der Waals surface area (Å²) in [6.07, 6.45) is 2.07. The van der Waals surface area contributed by atoms with Crippen molar-refractivity contribution in [3.05, 3.63) is 71.3 Å². The molecule has 132 valence electrons. The molecule has 0 saturated heterocycles. The van der Waals surface area contributed by atoms with Crippen LogP contribution in [0.25, 0.3) is 0 Å². The molecule has 1 atom stereocenters. The Morgan fingerprint density at radius 1 is 1.00 bits per heavy atom. The molecule has 0 fully saturated rings. The van der Waals surface area contributed by atoms with E-state index in [0.29, 0.717) is 18.5 Å². The van der Waals surface area contributed by atoms with Gasteiger partial charge in [0.15, 0.2) is 0 Å². The average molecular weight is 338 g/mol. The van der Waals surface area contributed by atoms with Gasteiger partial charge >= 0.3 is 0 Å². The van der Waals surface area contributed by atoms with Gasteiger partial charge in [-0.25, -0.2) is 0 Å². The van der Waals surface area contributed by atoms with Gasteiger partial charge in [0.25, 0.3) is 5.91 Å². The van der Waals surface area contributed by atoms with Crippen molar-refractivity contribution in [2.45, 2.75) is 45.7 Å². The zero-order chi connectivity index (χ0) is 18.1. The van der Waals surface area contributed by atoms with E-state index in [1.165, 1.54) is 0 Å². The molecule has 0 aliphatic rings. The highest BCUT2D eigenvalue weighted by Gasteiger charge is 2.09. The first-order valence-corrected chi connectivity index (χ1v) is 8.79. The van der Waals surface area contributed by atoms with Gasteiger partial charge in [0.1, 0.15) is 0 Å². The number of aryl methyl sites for hydroxylation is 1. The Balaban J connectivity index is 1.83. The monoisotopic (exact) mass is 338 g/mol. The topological polar surface area (TPSA) is 58.2 Å². The maximum Gasteiger partial charge on any atom is 0.251 e. The molecule has 2 aromatic rings. The van der Waals surface area contributed by atoms with Crippen molar-refractivity contribution in [3.63, 3.8) is 0 Å². The second-order valence-corrected chi connectivity index (χ2v) is 6.25. The van der Waals surface area contributed by atoms with Gasteiger partial charge in [0.2, 0.25) is 5.91 Å². The van der Waals surface area contributed by atoms with Crippen LogP contribution in [0, 0.1) is 0 Å². The van der Waals surface area contributed by atoms with E-state index in [0.717, 1.165) is 24.0 Å². The van der Waals surface area contributed by atoms with Gasteiger partial charge in [-0.3, -0.25) is 9.59 Å². The molecule has 2 aromatic carbocycles. The molecule has 0 aliphatic heterocycles. The first-order chi connectivity index (χ1) is 12.1. The van der Waals surface area contributed by atoms with Crippen LogP contribution in [0.5, 0.6) is 0 Å². The zero-order valence-corrected chi connectivity index (χ0v) is 14.9. The van der Waals surface area contributed by atoms with Crippen molar-refractivity contribution in [1.82, 2.24) is 10.6 Å². The number of benzene rings is 2. The summed E-state index contributed by atoms with van der Waals surface area (Å²) in [6, 6.07) is 17.5. The molecule has 0 unspecified atom stereocenters. The molecule has 0 radical (unpaired) electrons. The van der Waals surface area contributed by atoms with Crippen molar-refractivity contribution in [2.75, 3.05) is 0 Å². The van der Waals surface area contributed by atoms with Crippen LogP contribution in [0.2, 0.25) is 0 Å². The highest BCUT2D eigenvalue weighted by molar-refractivity contribution is 5.94. The highest BCUT2D eigenvalue weighted by Crippen LogP contribution is 2.07. The Bertz CT molecular complexity index is 698. The summed E-state index contributed by atoms with van der Waals surface area (Å²) in [5.41, 5.74) is 2.70. The lowest BCUT2D eigenvalue weighted by atomic mass is 10.1. The molecule has 4 nitrogen and oxygen atoms in total. The normalized spacial score (nSPS) is 11.6. The van der Waals surface area contributed by atoms with Crippen molar-refractivity contribution < 1.29 is 9.59 Å². The SMILES string of the molecule is CC[C@@H](C)NC(=O)c1cccc(CNC(=O)CCc2ccccc2)c1. The fraction of sp³-hybridized carbons (Fsp3) is 0.333. The van der Waals surface area contributed by atoms with E-state index in [9.17, 15) is 9.59 Å². The number of hydrogen-bond acceptors (Lipinski definition) is 2. The number of rotatable bonds is 8. The number of hydrogen-bond donors (Lipinski definition) is 2. The van der Waals surface area contributed by atoms with Gasteiger partial charge in [0.05, 0.1) is 0 Å². The van der Waals surface area contributed by atoms with E-state index in [-0.39, 0.29) is 17.9 Å². The molecule has 0 aliphatic carbocycles. The number of carbonyl (C=O) groups is 2. The Kier molecular flexibility index (Phi) is 7.20. The third-order valence-electron chi connectivity index (χ3n) is 4.15. The molecule has 0 bridgehead atoms. The second-order valence-electron chi connectivity index (χ2n) is 6.25. The molecule has 0 aromatic heterocycles. The maximum absolute atomic E-state index is 12.2. The van der Waals surface area contributed by atoms with Crippen LogP contribution in [0.4, 0.5) is 0 Å². The first kappa shape index (κ1) is 18.7. The van der Waals surface area contributed by atoms with Crippen LogP contribution in [-0.2, 0) is 17.8 Å². The number of amides is 2. The van der Waals surface area contributed by atoms with Gasteiger partial charge in [-0.05, 0) is 43.0 Å². The smallest absolute Gasteiger partial charge is 0.251 e. The van der Waals surface area contributed by atoms with Crippen LogP contribution in [-0.4, -0.2) is 17.9 Å². The van der Waals surface area contributed by atoms with Crippen molar-refractivity contribution in [1.29, 1.82) is 0 Å². The summed E-state index contributed by atoms with van der Waals surface area (Å²) in [6.45, 7) is 4.44. The third kappa shape index (κ3) is 6.42. The van der Waals surface area contributed by atoms with E-state index >= 15 is 0 Å². The van der Waals surface area contributed by atoms with Crippen LogP contribution in [0.1, 0.15) is 48.2 Å². The van der Waals surface area contributed by atoms with Crippen molar-refractivity contribution >= 4 is 11.8 Å². The minimum Gasteiger partial charge on any atom is -0.352 e. The molecule has 2 rings (SSSR count). The summed E-state index contributed by atoms with van der Waals surface area (Å²) >= 11 is 0. The molecule has 4 heteroatoms. The number of carbonyl (C=O) groups excluding carboxylic acids is 2. The Labute approximate surface area is 149 Å². The van der Waals surface area contributed by atoms with Crippen LogP contribution >= 0.6 is 0 Å². The van der Waals surface area contributed by atoms with Crippen LogP contribution in [0.15, 0.2) is 54.6 Å². The average Bonchev–Trinajstić information content (AvgIpc) is 2.65. The minimum atomic E-state index is -0.0772. The lowest BCUT2D eigenvalue weighted by Gasteiger charge is -2.12. The van der Waals surface area contributed by atoms with E-state index in [1.54, 1.807) is 6.07 Å². The Hall–Kier alpha value is -2.62. The van der Waals surface area contributed by atoms with Crippen molar-refractivity contribution in [2.24, 2.45) is 0 Å². The predicted molar refractivity (Wildman–Crippen MR) is 100 cm³/mol. The summed E-state index contributed by atoms with van der Waals surface area (Å²) < 4.78 is 0. The largest absolute Gasteiger partial charge is 0.352 e. The lowest BCUT2D eigenvalue weighted by molar-refractivity contribution is -0.121. The summed E-state index contributed by atoms with van der Waals surface area (Å²) in [5, 5.41) is 5.87. The molecule has 0 saturated carbocycles. The fourth-order valence-electron chi connectivity index (χ4n) is 2.42. The van der Waals surface area contributed by atoms with Crippen LogP contribution < -0.4 is 10.6 Å². The summed E-state index contributed by atoms with van der Waals surface area (Å²) in [7, 11) is 0. The minimum absolute atomic E-state index is 0.0123. The quantitative estimate of drug-likeness (QED) is 0.774. The lowest BCUT2D eigenvalue weighted by Crippen LogP contribution is -2.32. The van der Waals surface area contributed by atoms with Crippen LogP contribution in [0.3, 0.4) is 0 Å². The molecule has 2 N–H and O–H groups in total. The Morgan fingerprint density at radius 2 is 1.72 bits per heavy atom. The van der Waals surface area contributed by atoms with Gasteiger partial charge in [0, 0.05) is 24.6 Å². The highest BCUT2D eigenvalue weighted by atomic mass is 16.2. The molecule has 0 spiro atoms. The summed E-state index contributed by atoms with van der Waals surface area (Å²) in [4.78, 5) is 24.2. The van der Waals surface area contributed by atoms with E-state index < -0.39 is 0 Å². The van der Waals surface area contributed by atoms with Gasteiger partial charge in [-0.1, -0.05) is 49.4 Å². The second kappa shape index (κ2) is 9.62. The van der Waals surface area contributed by atoms with Gasteiger partial charge < -0.3 is 10.6 Å². The van der Waals surface area contributed by atoms with Gasteiger partial charge in [-0.15, -0.1) is 0 Å².